The van der Waals surface area contributed by atoms with Gasteiger partial charge in [-0.05, 0) is 19.8 Å². The van der Waals surface area contributed by atoms with Gasteiger partial charge in [0.1, 0.15) is 12.2 Å². The van der Waals surface area contributed by atoms with E-state index in [0.29, 0.717) is 12.2 Å². The number of unbranched alkanes of at least 4 members (excludes halogenated alkanes) is 1. The number of hydrogen-bond acceptors (Lipinski definition) is 5. The second kappa shape index (κ2) is 12.7. The normalized spacial score (nSPS) is 10.7. The molecule has 1 aromatic rings. The molecule has 0 saturated heterocycles. The second-order valence-corrected chi connectivity index (χ2v) is 5.01. The maximum Gasteiger partial charge on any atom is 0.327 e. The van der Waals surface area contributed by atoms with Crippen molar-refractivity contribution in [2.24, 2.45) is 4.99 Å². The summed E-state index contributed by atoms with van der Waals surface area (Å²) in [5.74, 6) is 0.458. The molecular formula is C15H27IN6O2. The second-order valence-electron chi connectivity index (χ2n) is 5.01. The fourth-order valence-corrected chi connectivity index (χ4v) is 1.89. The Kier molecular flexibility index (Phi) is 11.9. The van der Waals surface area contributed by atoms with Crippen molar-refractivity contribution in [2.75, 3.05) is 27.2 Å². The number of aromatic nitrogens is 3. The number of nitrogens with one attached hydrogen (secondary N) is 1. The third-order valence-electron chi connectivity index (χ3n) is 3.09. The highest BCUT2D eigenvalue weighted by Crippen LogP contribution is 1.99. The molecule has 0 atom stereocenters. The van der Waals surface area contributed by atoms with Crippen LogP contribution in [-0.4, -0.2) is 59.1 Å². The maximum absolute atomic E-state index is 11.2. The van der Waals surface area contributed by atoms with Gasteiger partial charge >= 0.3 is 5.97 Å². The summed E-state index contributed by atoms with van der Waals surface area (Å²) >= 11 is 0. The van der Waals surface area contributed by atoms with Crippen LogP contribution in [0.1, 0.15) is 25.5 Å². The molecule has 0 amide bonds. The minimum Gasteiger partial charge on any atom is -0.468 e. The number of ether oxygens (including phenoxy) is 1. The van der Waals surface area contributed by atoms with Crippen LogP contribution in [0.4, 0.5) is 0 Å². The zero-order valence-electron chi connectivity index (χ0n) is 14.6. The van der Waals surface area contributed by atoms with Crippen molar-refractivity contribution >= 4 is 35.9 Å². The van der Waals surface area contributed by atoms with Crippen molar-refractivity contribution in [1.29, 1.82) is 0 Å². The highest BCUT2D eigenvalue weighted by molar-refractivity contribution is 14.0. The molecule has 24 heavy (non-hydrogen) atoms. The first-order valence-electron chi connectivity index (χ1n) is 7.66. The average Bonchev–Trinajstić information content (AvgIpc) is 2.98. The van der Waals surface area contributed by atoms with E-state index < -0.39 is 0 Å². The van der Waals surface area contributed by atoms with Crippen LogP contribution in [0.5, 0.6) is 0 Å². The van der Waals surface area contributed by atoms with Crippen LogP contribution in [0.3, 0.4) is 0 Å². The summed E-state index contributed by atoms with van der Waals surface area (Å²) in [6.07, 6.45) is 5.62. The quantitative estimate of drug-likeness (QED) is 0.153. The summed E-state index contributed by atoms with van der Waals surface area (Å²) in [4.78, 5) is 17.8. The number of nitrogens with zero attached hydrogens (tertiary/aromatic N) is 5. The van der Waals surface area contributed by atoms with E-state index in [4.69, 9.17) is 0 Å². The molecule has 1 N–H and O–H groups in total. The van der Waals surface area contributed by atoms with Gasteiger partial charge in [0.05, 0.1) is 19.9 Å². The molecule has 1 rings (SSSR count). The van der Waals surface area contributed by atoms with Crippen molar-refractivity contribution in [3.8, 4) is 0 Å². The Morgan fingerprint density at radius 2 is 2.33 bits per heavy atom. The molecule has 136 valence electrons. The van der Waals surface area contributed by atoms with Crippen molar-refractivity contribution in [3.63, 3.8) is 0 Å². The lowest BCUT2D eigenvalue weighted by Crippen LogP contribution is -2.39. The summed E-state index contributed by atoms with van der Waals surface area (Å²) in [6.45, 7) is 7.89. The number of rotatable bonds is 9. The number of methoxy groups -OCH3 is 1. The minimum absolute atomic E-state index is 0. The molecule has 0 fully saturated rings. The Morgan fingerprint density at radius 1 is 1.58 bits per heavy atom. The molecule has 1 aromatic heterocycles. The van der Waals surface area contributed by atoms with Crippen LogP contribution in [0.2, 0.25) is 0 Å². The van der Waals surface area contributed by atoms with Gasteiger partial charge in [-0.3, -0.25) is 4.79 Å². The lowest BCUT2D eigenvalue weighted by molar-refractivity contribution is -0.141. The SMILES string of the molecule is C=CCCCN(C)C(=NCc1cn(CC(=O)OC)nn1)NCC.I. The fraction of sp³-hybridized carbons (Fsp3) is 0.600. The van der Waals surface area contributed by atoms with Crippen molar-refractivity contribution < 1.29 is 9.53 Å². The van der Waals surface area contributed by atoms with Crippen LogP contribution >= 0.6 is 24.0 Å². The maximum atomic E-state index is 11.2. The van der Waals surface area contributed by atoms with Gasteiger partial charge in [-0.25, -0.2) is 9.67 Å². The molecular weight excluding hydrogens is 423 g/mol. The van der Waals surface area contributed by atoms with Crippen molar-refractivity contribution in [1.82, 2.24) is 25.2 Å². The van der Waals surface area contributed by atoms with E-state index in [1.54, 1.807) is 6.20 Å². The lowest BCUT2D eigenvalue weighted by atomic mass is 10.3. The Balaban J connectivity index is 0.00000529. The van der Waals surface area contributed by atoms with E-state index in [0.717, 1.165) is 31.9 Å². The Labute approximate surface area is 160 Å². The fourth-order valence-electron chi connectivity index (χ4n) is 1.89. The van der Waals surface area contributed by atoms with Gasteiger partial charge in [-0.15, -0.1) is 35.7 Å². The standard InChI is InChI=1S/C15H26N6O2.HI/c1-5-7-8-9-20(3)15(16-6-2)17-10-13-11-21(19-18-13)12-14(22)23-4;/h5,11H,1,6-10,12H2,2-4H3,(H,16,17);1H. The first kappa shape index (κ1) is 22.4. The number of esters is 1. The smallest absolute Gasteiger partial charge is 0.327 e. The first-order valence-corrected chi connectivity index (χ1v) is 7.66. The van der Waals surface area contributed by atoms with E-state index in [9.17, 15) is 4.79 Å². The van der Waals surface area contributed by atoms with Gasteiger partial charge in [-0.2, -0.15) is 0 Å². The largest absolute Gasteiger partial charge is 0.468 e. The molecule has 0 aliphatic rings. The molecule has 0 radical (unpaired) electrons. The highest BCUT2D eigenvalue weighted by Gasteiger charge is 2.08. The zero-order chi connectivity index (χ0) is 17.1. The van der Waals surface area contributed by atoms with Crippen LogP contribution in [0.25, 0.3) is 0 Å². The summed E-state index contributed by atoms with van der Waals surface area (Å²) in [5, 5.41) is 11.1. The van der Waals surface area contributed by atoms with Gasteiger partial charge < -0.3 is 15.0 Å². The lowest BCUT2D eigenvalue weighted by Gasteiger charge is -2.21. The van der Waals surface area contributed by atoms with Gasteiger partial charge in [0.2, 0.25) is 0 Å². The molecule has 8 nitrogen and oxygen atoms in total. The highest BCUT2D eigenvalue weighted by atomic mass is 127. The average molecular weight is 450 g/mol. The zero-order valence-corrected chi connectivity index (χ0v) is 16.9. The van der Waals surface area contributed by atoms with E-state index >= 15 is 0 Å². The molecule has 0 saturated carbocycles. The first-order chi connectivity index (χ1) is 11.1. The number of halogens is 1. The molecule has 0 bridgehead atoms. The van der Waals surface area contributed by atoms with Crippen LogP contribution < -0.4 is 5.32 Å². The third-order valence-corrected chi connectivity index (χ3v) is 3.09. The number of carbonyl (C=O) groups is 1. The predicted molar refractivity (Wildman–Crippen MR) is 104 cm³/mol. The van der Waals surface area contributed by atoms with Crippen LogP contribution in [0, 0.1) is 0 Å². The topological polar surface area (TPSA) is 84.6 Å². The summed E-state index contributed by atoms with van der Waals surface area (Å²) in [7, 11) is 3.34. The van der Waals surface area contributed by atoms with Crippen LogP contribution in [-0.2, 0) is 22.6 Å². The van der Waals surface area contributed by atoms with E-state index in [2.05, 4.69) is 36.8 Å². The molecule has 0 unspecified atom stereocenters. The van der Waals surface area contributed by atoms with E-state index in [-0.39, 0.29) is 36.5 Å². The van der Waals surface area contributed by atoms with E-state index in [1.165, 1.54) is 11.8 Å². The predicted octanol–water partition coefficient (Wildman–Crippen LogP) is 1.43. The van der Waals surface area contributed by atoms with E-state index in [1.807, 2.05) is 20.0 Å². The molecule has 0 aromatic carbocycles. The number of guanidine groups is 1. The molecule has 0 spiro atoms. The van der Waals surface area contributed by atoms with Gasteiger partial charge in [0, 0.05) is 20.1 Å². The number of aliphatic imine (C=N–C) groups is 1. The van der Waals surface area contributed by atoms with Crippen LogP contribution in [0.15, 0.2) is 23.8 Å². The van der Waals surface area contributed by atoms with Gasteiger partial charge in [-0.1, -0.05) is 11.3 Å². The molecule has 1 heterocycles. The molecule has 9 heteroatoms. The summed E-state index contributed by atoms with van der Waals surface area (Å²) < 4.78 is 6.03. The Morgan fingerprint density at radius 3 is 2.96 bits per heavy atom. The van der Waals surface area contributed by atoms with Crippen molar-refractivity contribution in [3.05, 3.63) is 24.5 Å². The van der Waals surface area contributed by atoms with Crippen molar-refractivity contribution in [2.45, 2.75) is 32.9 Å². The Bertz CT molecular complexity index is 532. The van der Waals surface area contributed by atoms with Gasteiger partial charge in [0.25, 0.3) is 0 Å². The number of hydrogen-bond donors (Lipinski definition) is 1. The third kappa shape index (κ3) is 8.27. The molecule has 0 aliphatic heterocycles. The monoisotopic (exact) mass is 450 g/mol. The Hall–Kier alpha value is -1.65. The summed E-state index contributed by atoms with van der Waals surface area (Å²) in [6, 6.07) is 0. The van der Waals surface area contributed by atoms with Gasteiger partial charge in [0.15, 0.2) is 5.96 Å². The minimum atomic E-state index is -0.361. The molecule has 0 aliphatic carbocycles. The number of carbonyl (C=O) groups excluding carboxylic acids is 1. The summed E-state index contributed by atoms with van der Waals surface area (Å²) in [5.41, 5.74) is 0.698. The number of allylic oxidation sites excluding steroid dienone is 1.